The summed E-state index contributed by atoms with van der Waals surface area (Å²) in [6.45, 7) is 1.33. The highest BCUT2D eigenvalue weighted by atomic mass is 79.9. The minimum atomic E-state index is -3.54. The van der Waals surface area contributed by atoms with Crippen LogP contribution in [0.25, 0.3) is 0 Å². The summed E-state index contributed by atoms with van der Waals surface area (Å²) in [6.07, 6.45) is -0.329. The van der Waals surface area contributed by atoms with Gasteiger partial charge in [0.05, 0.1) is 4.92 Å². The number of halogens is 1. The van der Waals surface area contributed by atoms with E-state index in [0.717, 1.165) is 6.26 Å². The summed E-state index contributed by atoms with van der Waals surface area (Å²) < 4.78 is 21.5. The normalized spacial score (nSPS) is 16.9. The Morgan fingerprint density at radius 3 is 2.17 bits per heavy atom. The topological polar surface area (TPSA) is 97.5 Å². The van der Waals surface area contributed by atoms with Crippen molar-refractivity contribution in [1.82, 2.24) is 0 Å². The molecule has 100 valence electrons. The molecular formula is C10H12BrNO5S. The van der Waals surface area contributed by atoms with E-state index in [1.807, 2.05) is 0 Å². The van der Waals surface area contributed by atoms with E-state index >= 15 is 0 Å². The van der Waals surface area contributed by atoms with Crippen molar-refractivity contribution in [2.75, 3.05) is 6.26 Å². The van der Waals surface area contributed by atoms with Gasteiger partial charge in [-0.2, -0.15) is 0 Å². The quantitative estimate of drug-likeness (QED) is 0.513. The van der Waals surface area contributed by atoms with Crippen LogP contribution in [0.5, 0.6) is 0 Å². The van der Waals surface area contributed by atoms with Gasteiger partial charge in [-0.15, -0.1) is 0 Å². The molecule has 1 aromatic rings. The summed E-state index contributed by atoms with van der Waals surface area (Å²) in [5.41, 5.74) is 0.159. The van der Waals surface area contributed by atoms with Crippen LogP contribution in [-0.2, 0) is 9.84 Å². The number of nitro groups is 1. The molecule has 18 heavy (non-hydrogen) atoms. The molecule has 2 atom stereocenters. The van der Waals surface area contributed by atoms with Crippen LogP contribution in [0.4, 0.5) is 5.69 Å². The molecule has 0 saturated carbocycles. The third kappa shape index (κ3) is 2.88. The smallest absolute Gasteiger partial charge is 0.269 e. The Hall–Kier alpha value is -0.990. The zero-order valence-corrected chi connectivity index (χ0v) is 12.1. The molecular weight excluding hydrogens is 326 g/mol. The molecule has 0 fully saturated rings. The summed E-state index contributed by atoms with van der Waals surface area (Å²) in [4.78, 5) is 9.91. The Labute approximate surface area is 113 Å². The highest BCUT2D eigenvalue weighted by molar-refractivity contribution is 9.11. The summed E-state index contributed by atoms with van der Waals surface area (Å²) in [5, 5.41) is 20.5. The van der Waals surface area contributed by atoms with Gasteiger partial charge >= 0.3 is 0 Å². The van der Waals surface area contributed by atoms with Crippen LogP contribution in [0.15, 0.2) is 24.3 Å². The fraction of sp³-hybridized carbons (Fsp3) is 0.400. The highest BCUT2D eigenvalue weighted by Crippen LogP contribution is 2.38. The van der Waals surface area contributed by atoms with Crippen molar-refractivity contribution >= 4 is 31.5 Å². The van der Waals surface area contributed by atoms with Crippen molar-refractivity contribution in [1.29, 1.82) is 0 Å². The molecule has 0 bridgehead atoms. The second-order valence-electron chi connectivity index (χ2n) is 4.01. The van der Waals surface area contributed by atoms with Gasteiger partial charge in [0.2, 0.25) is 0 Å². The Morgan fingerprint density at radius 1 is 1.39 bits per heavy atom. The number of aliphatic hydroxyl groups is 1. The number of nitrogens with zero attached hydrogens (tertiary/aromatic N) is 1. The molecule has 0 heterocycles. The number of alkyl halides is 1. The summed E-state index contributed by atoms with van der Waals surface area (Å²) >= 11 is 2.98. The number of sulfone groups is 1. The van der Waals surface area contributed by atoms with Crippen molar-refractivity contribution < 1.29 is 18.4 Å². The molecule has 0 radical (unpaired) electrons. The maximum Gasteiger partial charge on any atom is 0.269 e. The average Bonchev–Trinajstić information content (AvgIpc) is 2.26. The first-order chi connectivity index (χ1) is 8.07. The fourth-order valence-corrected chi connectivity index (χ4v) is 2.08. The Morgan fingerprint density at radius 2 is 1.83 bits per heavy atom. The molecule has 0 aromatic heterocycles. The number of nitro benzene ring substituents is 1. The number of non-ortho nitro benzene ring substituents is 1. The minimum absolute atomic E-state index is 0.124. The van der Waals surface area contributed by atoms with Gasteiger partial charge in [-0.25, -0.2) is 8.42 Å². The van der Waals surface area contributed by atoms with Gasteiger partial charge < -0.3 is 5.11 Å². The van der Waals surface area contributed by atoms with Gasteiger partial charge in [0.25, 0.3) is 5.69 Å². The number of benzene rings is 1. The van der Waals surface area contributed by atoms with Gasteiger partial charge in [0.1, 0.15) is 6.10 Å². The van der Waals surface area contributed by atoms with E-state index in [4.69, 9.17) is 0 Å². The van der Waals surface area contributed by atoms with Gasteiger partial charge in [0.15, 0.2) is 13.5 Å². The monoisotopic (exact) mass is 337 g/mol. The maximum atomic E-state index is 11.5. The van der Waals surface area contributed by atoms with Crippen LogP contribution in [0.1, 0.15) is 18.6 Å². The molecule has 0 unspecified atom stereocenters. The fourth-order valence-electron chi connectivity index (χ4n) is 1.28. The van der Waals surface area contributed by atoms with Crippen molar-refractivity contribution in [3.8, 4) is 0 Å². The first-order valence-electron chi connectivity index (χ1n) is 4.88. The molecule has 0 aliphatic heterocycles. The second-order valence-corrected chi connectivity index (χ2v) is 8.57. The largest absolute Gasteiger partial charge is 0.386 e. The highest BCUT2D eigenvalue weighted by Gasteiger charge is 2.41. The average molecular weight is 338 g/mol. The lowest BCUT2D eigenvalue weighted by Crippen LogP contribution is -2.34. The van der Waals surface area contributed by atoms with Crippen molar-refractivity contribution in [2.24, 2.45) is 0 Å². The van der Waals surface area contributed by atoms with Crippen LogP contribution >= 0.6 is 15.9 Å². The lowest BCUT2D eigenvalue weighted by Gasteiger charge is -2.26. The number of hydrogen-bond donors (Lipinski definition) is 1. The lowest BCUT2D eigenvalue weighted by molar-refractivity contribution is -0.384. The maximum absolute atomic E-state index is 11.5. The lowest BCUT2D eigenvalue weighted by atomic mass is 10.1. The van der Waals surface area contributed by atoms with E-state index < -0.39 is 24.5 Å². The van der Waals surface area contributed by atoms with Crippen molar-refractivity contribution in [3.05, 3.63) is 39.9 Å². The summed E-state index contributed by atoms with van der Waals surface area (Å²) in [7, 11) is -3.54. The zero-order chi connectivity index (χ0) is 14.1. The van der Waals surface area contributed by atoms with Crippen LogP contribution in [-0.4, -0.2) is 28.4 Å². The zero-order valence-electron chi connectivity index (χ0n) is 9.70. The first-order valence-corrected chi connectivity index (χ1v) is 7.56. The van der Waals surface area contributed by atoms with Crippen LogP contribution in [0.3, 0.4) is 0 Å². The standard InChI is InChI=1S/C10H12BrNO5S/c1-10(11,18(2,16)17)9(13)7-3-5-8(6-4-7)12(14)15/h3-6,9,13H,1-2H3/t9-,10+/m0/s1. The summed E-state index contributed by atoms with van der Waals surface area (Å²) in [5.74, 6) is 0. The number of hydrogen-bond acceptors (Lipinski definition) is 5. The molecule has 0 spiro atoms. The molecule has 1 N–H and O–H groups in total. The molecule has 6 nitrogen and oxygen atoms in total. The van der Waals surface area contributed by atoms with E-state index in [2.05, 4.69) is 15.9 Å². The van der Waals surface area contributed by atoms with E-state index in [0.29, 0.717) is 0 Å². The molecule has 0 saturated heterocycles. The molecule has 0 aliphatic carbocycles. The van der Waals surface area contributed by atoms with E-state index in [-0.39, 0.29) is 11.3 Å². The molecule has 1 rings (SSSR count). The van der Waals surface area contributed by atoms with E-state index in [1.54, 1.807) is 0 Å². The second kappa shape index (κ2) is 4.94. The first kappa shape index (κ1) is 15.1. The Kier molecular flexibility index (Phi) is 4.14. The van der Waals surface area contributed by atoms with Gasteiger partial charge in [0, 0.05) is 18.4 Å². The van der Waals surface area contributed by atoms with Crippen LogP contribution in [0, 0.1) is 10.1 Å². The molecule has 0 aliphatic rings. The van der Waals surface area contributed by atoms with Gasteiger partial charge in [-0.3, -0.25) is 10.1 Å². The number of aliphatic hydroxyl groups excluding tert-OH is 1. The minimum Gasteiger partial charge on any atom is -0.386 e. The molecule has 8 heteroatoms. The Bertz CT molecular complexity index is 552. The predicted octanol–water partition coefficient (Wildman–Crippen LogP) is 1.78. The predicted molar refractivity (Wildman–Crippen MR) is 70.2 cm³/mol. The number of rotatable bonds is 4. The van der Waals surface area contributed by atoms with E-state index in [1.165, 1.54) is 31.2 Å². The van der Waals surface area contributed by atoms with Crippen molar-refractivity contribution in [3.63, 3.8) is 0 Å². The SMILES string of the molecule is C[C@](Br)([C@@H](O)c1ccc([N+](=O)[O-])cc1)S(C)(=O)=O. The third-order valence-electron chi connectivity index (χ3n) is 2.63. The van der Waals surface area contributed by atoms with E-state index in [9.17, 15) is 23.6 Å². The Balaban J connectivity index is 3.12. The van der Waals surface area contributed by atoms with Crippen LogP contribution in [0.2, 0.25) is 0 Å². The molecule has 0 amide bonds. The van der Waals surface area contributed by atoms with Gasteiger partial charge in [-0.05, 0) is 24.6 Å². The third-order valence-corrected chi connectivity index (χ3v) is 6.50. The van der Waals surface area contributed by atoms with Crippen molar-refractivity contribution in [2.45, 2.75) is 16.7 Å². The van der Waals surface area contributed by atoms with Crippen LogP contribution < -0.4 is 0 Å². The van der Waals surface area contributed by atoms with Gasteiger partial charge in [-0.1, -0.05) is 15.9 Å². The molecule has 1 aromatic carbocycles. The summed E-state index contributed by atoms with van der Waals surface area (Å²) in [6, 6.07) is 5.08.